The molecule has 0 bridgehead atoms. The molecule has 1 aliphatic carbocycles. The van der Waals surface area contributed by atoms with E-state index in [0.29, 0.717) is 5.92 Å². The van der Waals surface area contributed by atoms with Crippen LogP contribution < -0.4 is 15.5 Å². The Bertz CT molecular complexity index is 866. The minimum atomic E-state index is -1.01. The second-order valence-corrected chi connectivity index (χ2v) is 7.75. The van der Waals surface area contributed by atoms with E-state index in [2.05, 4.69) is 20.6 Å². The van der Waals surface area contributed by atoms with Gasteiger partial charge in [0, 0.05) is 38.3 Å². The first-order valence-electron chi connectivity index (χ1n) is 9.84. The van der Waals surface area contributed by atoms with Crippen molar-refractivity contribution in [3.63, 3.8) is 0 Å². The molecule has 0 atom stereocenters. The van der Waals surface area contributed by atoms with Crippen molar-refractivity contribution in [3.05, 3.63) is 47.3 Å². The van der Waals surface area contributed by atoms with E-state index < -0.39 is 11.6 Å². The van der Waals surface area contributed by atoms with Gasteiger partial charge < -0.3 is 15.5 Å². The van der Waals surface area contributed by atoms with Gasteiger partial charge in [-0.3, -0.25) is 4.79 Å². The highest BCUT2D eigenvalue weighted by Crippen LogP contribution is 2.25. The number of hydrogen-bond donors (Lipinski definition) is 2. The van der Waals surface area contributed by atoms with Crippen LogP contribution >= 0.6 is 0 Å². The quantitative estimate of drug-likeness (QED) is 0.772. The number of amides is 1. The molecule has 1 aromatic heterocycles. The number of rotatable bonds is 6. The second-order valence-electron chi connectivity index (χ2n) is 7.75. The molecular weight excluding hydrogens is 376 g/mol. The summed E-state index contributed by atoms with van der Waals surface area (Å²) in [5, 5.41) is 6.33. The molecule has 29 heavy (non-hydrogen) atoms. The Labute approximate surface area is 169 Å². The van der Waals surface area contributed by atoms with E-state index in [-0.39, 0.29) is 17.5 Å². The smallest absolute Gasteiger partial charge is 0.251 e. The summed E-state index contributed by atoms with van der Waals surface area (Å²) in [4.78, 5) is 23.0. The van der Waals surface area contributed by atoms with Crippen LogP contribution in [0, 0.1) is 24.5 Å². The van der Waals surface area contributed by atoms with Crippen LogP contribution in [0.25, 0.3) is 0 Å². The number of halogens is 2. The SMILES string of the molecule is Cc1nc(NCC2CCC(NC(=O)c3ccc(F)c(F)c3)CC2)cc(N(C)C)n1. The molecular formula is C21H27F2N5O. The Hall–Kier alpha value is -2.77. The van der Waals surface area contributed by atoms with Crippen molar-refractivity contribution in [2.24, 2.45) is 5.92 Å². The average Bonchev–Trinajstić information content (AvgIpc) is 2.69. The topological polar surface area (TPSA) is 70.2 Å². The number of benzene rings is 1. The number of carbonyl (C=O) groups excluding carboxylic acids is 1. The highest BCUT2D eigenvalue weighted by Gasteiger charge is 2.23. The summed E-state index contributed by atoms with van der Waals surface area (Å²) in [6, 6.07) is 5.19. The van der Waals surface area contributed by atoms with Gasteiger partial charge in [-0.15, -0.1) is 0 Å². The molecule has 3 rings (SSSR count). The molecule has 0 spiro atoms. The van der Waals surface area contributed by atoms with Crippen LogP contribution in [0.5, 0.6) is 0 Å². The minimum Gasteiger partial charge on any atom is -0.370 e. The maximum absolute atomic E-state index is 13.3. The fourth-order valence-electron chi connectivity index (χ4n) is 3.54. The van der Waals surface area contributed by atoms with Crippen LogP contribution in [0.3, 0.4) is 0 Å². The summed E-state index contributed by atoms with van der Waals surface area (Å²) in [6.07, 6.45) is 3.65. The molecule has 1 saturated carbocycles. The van der Waals surface area contributed by atoms with Gasteiger partial charge in [-0.25, -0.2) is 18.7 Å². The van der Waals surface area contributed by atoms with Crippen molar-refractivity contribution in [2.45, 2.75) is 38.6 Å². The lowest BCUT2D eigenvalue weighted by molar-refractivity contribution is 0.0922. The van der Waals surface area contributed by atoms with Crippen LogP contribution in [-0.2, 0) is 0 Å². The lowest BCUT2D eigenvalue weighted by Gasteiger charge is -2.29. The van der Waals surface area contributed by atoms with Crippen molar-refractivity contribution < 1.29 is 13.6 Å². The van der Waals surface area contributed by atoms with Crippen molar-refractivity contribution in [3.8, 4) is 0 Å². The molecule has 0 unspecified atom stereocenters. The summed E-state index contributed by atoms with van der Waals surface area (Å²) in [6.45, 7) is 2.69. The van der Waals surface area contributed by atoms with Crippen LogP contribution in [0.2, 0.25) is 0 Å². The molecule has 8 heteroatoms. The van der Waals surface area contributed by atoms with Gasteiger partial charge >= 0.3 is 0 Å². The number of aryl methyl sites for hydroxylation is 1. The molecule has 156 valence electrons. The molecule has 6 nitrogen and oxygen atoms in total. The zero-order chi connectivity index (χ0) is 21.0. The van der Waals surface area contributed by atoms with Crippen LogP contribution in [-0.4, -0.2) is 42.6 Å². The van der Waals surface area contributed by atoms with E-state index in [1.165, 1.54) is 6.07 Å². The van der Waals surface area contributed by atoms with E-state index in [1.807, 2.05) is 32.0 Å². The zero-order valence-electron chi connectivity index (χ0n) is 17.0. The Kier molecular flexibility index (Phi) is 6.61. The fraction of sp³-hybridized carbons (Fsp3) is 0.476. The van der Waals surface area contributed by atoms with Crippen LogP contribution in [0.1, 0.15) is 41.9 Å². The Balaban J connectivity index is 1.47. The van der Waals surface area contributed by atoms with Crippen LogP contribution in [0.15, 0.2) is 24.3 Å². The highest BCUT2D eigenvalue weighted by molar-refractivity contribution is 5.94. The van der Waals surface area contributed by atoms with Crippen molar-refractivity contribution in [2.75, 3.05) is 30.9 Å². The molecule has 1 aliphatic rings. The third-order valence-corrected chi connectivity index (χ3v) is 5.22. The van der Waals surface area contributed by atoms with E-state index >= 15 is 0 Å². The first kappa shape index (κ1) is 21.0. The first-order valence-corrected chi connectivity index (χ1v) is 9.84. The number of carbonyl (C=O) groups is 1. The largest absolute Gasteiger partial charge is 0.370 e. The summed E-state index contributed by atoms with van der Waals surface area (Å²) in [7, 11) is 3.89. The summed E-state index contributed by atoms with van der Waals surface area (Å²) in [5.41, 5.74) is 0.142. The number of anilines is 2. The van der Waals surface area contributed by atoms with Crippen LogP contribution in [0.4, 0.5) is 20.4 Å². The Morgan fingerprint density at radius 3 is 2.48 bits per heavy atom. The van der Waals surface area contributed by atoms with Crippen molar-refractivity contribution >= 4 is 17.5 Å². The van der Waals surface area contributed by atoms with Gasteiger partial charge in [0.15, 0.2) is 11.6 Å². The van der Waals surface area contributed by atoms with Gasteiger partial charge in [0.2, 0.25) is 0 Å². The molecule has 1 fully saturated rings. The van der Waals surface area contributed by atoms with Gasteiger partial charge in [0.25, 0.3) is 5.91 Å². The maximum atomic E-state index is 13.3. The number of nitrogens with one attached hydrogen (secondary N) is 2. The predicted octanol–water partition coefficient (Wildman–Crippen LogP) is 3.53. The average molecular weight is 403 g/mol. The lowest BCUT2D eigenvalue weighted by Crippen LogP contribution is -2.38. The maximum Gasteiger partial charge on any atom is 0.251 e. The van der Waals surface area contributed by atoms with E-state index in [0.717, 1.165) is 61.8 Å². The van der Waals surface area contributed by atoms with Gasteiger partial charge in [0.1, 0.15) is 17.5 Å². The zero-order valence-corrected chi connectivity index (χ0v) is 17.0. The van der Waals surface area contributed by atoms with E-state index in [1.54, 1.807) is 0 Å². The normalized spacial score (nSPS) is 18.9. The fourth-order valence-corrected chi connectivity index (χ4v) is 3.54. The minimum absolute atomic E-state index is 0.0495. The molecule has 0 saturated heterocycles. The monoisotopic (exact) mass is 403 g/mol. The third-order valence-electron chi connectivity index (χ3n) is 5.22. The van der Waals surface area contributed by atoms with Gasteiger partial charge in [0.05, 0.1) is 0 Å². The highest BCUT2D eigenvalue weighted by atomic mass is 19.2. The molecule has 0 radical (unpaired) electrons. The summed E-state index contributed by atoms with van der Waals surface area (Å²) < 4.78 is 26.3. The number of nitrogens with zero attached hydrogens (tertiary/aromatic N) is 3. The van der Waals surface area contributed by atoms with Gasteiger partial charge in [-0.05, 0) is 56.7 Å². The van der Waals surface area contributed by atoms with Crippen molar-refractivity contribution in [1.29, 1.82) is 0 Å². The van der Waals surface area contributed by atoms with E-state index in [9.17, 15) is 13.6 Å². The first-order chi connectivity index (χ1) is 13.8. The van der Waals surface area contributed by atoms with Gasteiger partial charge in [-0.2, -0.15) is 0 Å². The van der Waals surface area contributed by atoms with Gasteiger partial charge in [-0.1, -0.05) is 0 Å². The molecule has 1 aromatic carbocycles. The lowest BCUT2D eigenvalue weighted by atomic mass is 9.86. The Morgan fingerprint density at radius 1 is 1.10 bits per heavy atom. The molecule has 2 N–H and O–H groups in total. The molecule has 1 heterocycles. The third kappa shape index (κ3) is 5.62. The number of hydrogen-bond acceptors (Lipinski definition) is 5. The Morgan fingerprint density at radius 2 is 1.83 bits per heavy atom. The van der Waals surface area contributed by atoms with Crippen molar-refractivity contribution in [1.82, 2.24) is 15.3 Å². The second kappa shape index (κ2) is 9.15. The predicted molar refractivity (Wildman–Crippen MR) is 109 cm³/mol. The molecule has 0 aliphatic heterocycles. The molecule has 1 amide bonds. The summed E-state index contributed by atoms with van der Waals surface area (Å²) >= 11 is 0. The summed E-state index contributed by atoms with van der Waals surface area (Å²) in [5.74, 6) is 0.569. The van der Waals surface area contributed by atoms with E-state index in [4.69, 9.17) is 0 Å². The standard InChI is InChI=1S/C21H27F2N5O/c1-13-25-19(11-20(26-13)28(2)3)24-12-14-4-7-16(8-5-14)27-21(29)15-6-9-17(22)18(23)10-15/h6,9-11,14,16H,4-5,7-8,12H2,1-3H3,(H,27,29)(H,24,25,26). The molecule has 2 aromatic rings. The number of aromatic nitrogens is 2.